The van der Waals surface area contributed by atoms with Crippen molar-refractivity contribution in [2.45, 2.75) is 66.6 Å². The first kappa shape index (κ1) is 20.7. The van der Waals surface area contributed by atoms with Crippen molar-refractivity contribution >= 4 is 5.97 Å². The van der Waals surface area contributed by atoms with E-state index in [1.54, 1.807) is 0 Å². The van der Waals surface area contributed by atoms with Crippen LogP contribution in [-0.4, -0.2) is 18.7 Å². The number of hydrogen-bond acceptors (Lipinski definition) is 3. The summed E-state index contributed by atoms with van der Waals surface area (Å²) in [5, 5.41) is 0. The Morgan fingerprint density at radius 2 is 1.96 bits per heavy atom. The van der Waals surface area contributed by atoms with Crippen molar-refractivity contribution in [3.8, 4) is 0 Å². The number of carbonyl (C=O) groups excluding carboxylic acids is 1. The van der Waals surface area contributed by atoms with E-state index in [1.165, 1.54) is 12.0 Å². The number of carbonyl (C=O) groups is 1. The lowest BCUT2D eigenvalue weighted by molar-refractivity contribution is -0.0176. The van der Waals surface area contributed by atoms with Gasteiger partial charge in [0.05, 0.1) is 18.8 Å². The van der Waals surface area contributed by atoms with Gasteiger partial charge in [0.1, 0.15) is 6.10 Å². The second kappa shape index (κ2) is 9.91. The Morgan fingerprint density at radius 1 is 1.23 bits per heavy atom. The highest BCUT2D eigenvalue weighted by molar-refractivity contribution is 5.91. The standard InChI is InChI=1S/C23H34O3/c1-16(2)12-13-25-15-19-8-6-7-9-21(19)23(24)26-22-14-18(5)10-11-20(22)17(3)4/h6-9,12,17-18,20,22H,10-11,13-15H2,1-5H3/t18-,20+,22+/m1/s1. The molecule has 26 heavy (non-hydrogen) atoms. The van der Waals surface area contributed by atoms with E-state index in [4.69, 9.17) is 9.47 Å². The number of allylic oxidation sites excluding steroid dienone is 1. The molecule has 1 saturated carbocycles. The van der Waals surface area contributed by atoms with Gasteiger partial charge in [-0.25, -0.2) is 4.79 Å². The van der Waals surface area contributed by atoms with Crippen LogP contribution in [0.5, 0.6) is 0 Å². The van der Waals surface area contributed by atoms with Crippen molar-refractivity contribution < 1.29 is 14.3 Å². The molecule has 1 aromatic carbocycles. The molecule has 0 amide bonds. The molecule has 1 fully saturated rings. The van der Waals surface area contributed by atoms with Gasteiger partial charge in [0, 0.05) is 0 Å². The smallest absolute Gasteiger partial charge is 0.338 e. The molecule has 0 N–H and O–H groups in total. The normalized spacial score (nSPS) is 22.9. The molecule has 0 saturated heterocycles. The predicted molar refractivity (Wildman–Crippen MR) is 106 cm³/mol. The topological polar surface area (TPSA) is 35.5 Å². The molecule has 0 bridgehead atoms. The van der Waals surface area contributed by atoms with Gasteiger partial charge in [0.15, 0.2) is 0 Å². The van der Waals surface area contributed by atoms with Crippen molar-refractivity contribution in [1.29, 1.82) is 0 Å². The maximum absolute atomic E-state index is 12.9. The van der Waals surface area contributed by atoms with Crippen LogP contribution < -0.4 is 0 Å². The summed E-state index contributed by atoms with van der Waals surface area (Å²) in [5.74, 6) is 1.39. The van der Waals surface area contributed by atoms with Gasteiger partial charge in [-0.15, -0.1) is 0 Å². The minimum absolute atomic E-state index is 0.0194. The van der Waals surface area contributed by atoms with Gasteiger partial charge in [-0.2, -0.15) is 0 Å². The summed E-state index contributed by atoms with van der Waals surface area (Å²) in [5.41, 5.74) is 2.75. The highest BCUT2D eigenvalue weighted by atomic mass is 16.5. The van der Waals surface area contributed by atoms with Crippen LogP contribution in [0.2, 0.25) is 0 Å². The Labute approximate surface area is 158 Å². The lowest BCUT2D eigenvalue weighted by Gasteiger charge is -2.36. The monoisotopic (exact) mass is 358 g/mol. The van der Waals surface area contributed by atoms with Crippen molar-refractivity contribution in [1.82, 2.24) is 0 Å². The number of esters is 1. The summed E-state index contributed by atoms with van der Waals surface area (Å²) in [6.07, 6.45) is 5.40. The lowest BCUT2D eigenvalue weighted by Crippen LogP contribution is -2.36. The molecule has 0 spiro atoms. The van der Waals surface area contributed by atoms with Crippen LogP contribution in [0.15, 0.2) is 35.9 Å². The van der Waals surface area contributed by atoms with Crippen molar-refractivity contribution in [3.05, 3.63) is 47.0 Å². The van der Waals surface area contributed by atoms with Crippen LogP contribution in [0.4, 0.5) is 0 Å². The predicted octanol–water partition coefficient (Wildman–Crippen LogP) is 5.79. The van der Waals surface area contributed by atoms with Crippen LogP contribution >= 0.6 is 0 Å². The lowest BCUT2D eigenvalue weighted by atomic mass is 9.75. The van der Waals surface area contributed by atoms with E-state index in [1.807, 2.05) is 44.2 Å². The van der Waals surface area contributed by atoms with E-state index in [9.17, 15) is 4.79 Å². The third-order valence-corrected chi connectivity index (χ3v) is 5.32. The summed E-state index contributed by atoms with van der Waals surface area (Å²) in [6, 6.07) is 7.62. The van der Waals surface area contributed by atoms with Gasteiger partial charge in [0.2, 0.25) is 0 Å². The summed E-state index contributed by atoms with van der Waals surface area (Å²) >= 11 is 0. The fourth-order valence-corrected chi connectivity index (χ4v) is 3.69. The molecule has 0 aromatic heterocycles. The summed E-state index contributed by atoms with van der Waals surface area (Å²) < 4.78 is 11.7. The maximum Gasteiger partial charge on any atom is 0.338 e. The third-order valence-electron chi connectivity index (χ3n) is 5.32. The first-order chi connectivity index (χ1) is 12.4. The van der Waals surface area contributed by atoms with Gasteiger partial charge < -0.3 is 9.47 Å². The van der Waals surface area contributed by atoms with E-state index in [-0.39, 0.29) is 12.1 Å². The highest BCUT2D eigenvalue weighted by Crippen LogP contribution is 2.35. The van der Waals surface area contributed by atoms with E-state index < -0.39 is 0 Å². The first-order valence-corrected chi connectivity index (χ1v) is 9.88. The van der Waals surface area contributed by atoms with Crippen LogP contribution in [0.3, 0.4) is 0 Å². The van der Waals surface area contributed by atoms with Gasteiger partial charge >= 0.3 is 5.97 Å². The minimum atomic E-state index is -0.212. The molecule has 1 aromatic rings. The molecular formula is C23H34O3. The molecule has 3 heteroatoms. The third kappa shape index (κ3) is 5.98. The number of rotatable bonds is 7. The SMILES string of the molecule is CC(C)=CCOCc1ccccc1C(=O)O[C@H]1C[C@H](C)CC[C@H]1C(C)C. The summed E-state index contributed by atoms with van der Waals surface area (Å²) in [6.45, 7) is 11.8. The number of benzene rings is 1. The molecule has 144 valence electrons. The fourth-order valence-electron chi connectivity index (χ4n) is 3.69. The van der Waals surface area contributed by atoms with E-state index in [0.29, 0.717) is 36.5 Å². The molecule has 3 nitrogen and oxygen atoms in total. The van der Waals surface area contributed by atoms with E-state index in [2.05, 4.69) is 20.8 Å². The molecule has 0 radical (unpaired) electrons. The Morgan fingerprint density at radius 3 is 2.65 bits per heavy atom. The first-order valence-electron chi connectivity index (χ1n) is 9.88. The molecule has 3 atom stereocenters. The fraction of sp³-hybridized carbons (Fsp3) is 0.609. The van der Waals surface area contributed by atoms with Gasteiger partial charge in [-0.1, -0.05) is 57.0 Å². The summed E-state index contributed by atoms with van der Waals surface area (Å²) in [7, 11) is 0. The zero-order chi connectivity index (χ0) is 19.1. The minimum Gasteiger partial charge on any atom is -0.458 e. The largest absolute Gasteiger partial charge is 0.458 e. The second-order valence-electron chi connectivity index (χ2n) is 8.22. The van der Waals surface area contributed by atoms with E-state index >= 15 is 0 Å². The quantitative estimate of drug-likeness (QED) is 0.352. The molecule has 2 rings (SSSR count). The van der Waals surface area contributed by atoms with Crippen LogP contribution in [0.1, 0.15) is 69.8 Å². The molecule has 0 aliphatic heterocycles. The Kier molecular flexibility index (Phi) is 7.89. The molecular weight excluding hydrogens is 324 g/mol. The maximum atomic E-state index is 12.9. The average Bonchev–Trinajstić information content (AvgIpc) is 2.58. The Bertz CT molecular complexity index is 614. The van der Waals surface area contributed by atoms with Gasteiger partial charge in [-0.3, -0.25) is 0 Å². The molecule has 1 aliphatic carbocycles. The van der Waals surface area contributed by atoms with Gasteiger partial charge in [-0.05, 0) is 56.1 Å². The van der Waals surface area contributed by atoms with Crippen LogP contribution in [0, 0.1) is 17.8 Å². The van der Waals surface area contributed by atoms with Crippen LogP contribution in [0.25, 0.3) is 0 Å². The molecule has 1 aliphatic rings. The zero-order valence-electron chi connectivity index (χ0n) is 17.0. The molecule has 0 unspecified atom stereocenters. The zero-order valence-corrected chi connectivity index (χ0v) is 17.0. The second-order valence-corrected chi connectivity index (χ2v) is 8.22. The Hall–Kier alpha value is -1.61. The van der Waals surface area contributed by atoms with Crippen molar-refractivity contribution in [3.63, 3.8) is 0 Å². The highest BCUT2D eigenvalue weighted by Gasteiger charge is 2.33. The number of hydrogen-bond donors (Lipinski definition) is 0. The van der Waals surface area contributed by atoms with Gasteiger partial charge in [0.25, 0.3) is 0 Å². The summed E-state index contributed by atoms with van der Waals surface area (Å²) in [4.78, 5) is 12.9. The van der Waals surface area contributed by atoms with Crippen LogP contribution in [-0.2, 0) is 16.1 Å². The number of ether oxygens (including phenoxy) is 2. The molecule has 0 heterocycles. The average molecular weight is 359 g/mol. The van der Waals surface area contributed by atoms with Crippen molar-refractivity contribution in [2.75, 3.05) is 6.61 Å². The van der Waals surface area contributed by atoms with E-state index in [0.717, 1.165) is 18.4 Å². The van der Waals surface area contributed by atoms with Crippen molar-refractivity contribution in [2.24, 2.45) is 17.8 Å². The Balaban J connectivity index is 2.05.